The van der Waals surface area contributed by atoms with Crippen molar-refractivity contribution in [1.29, 1.82) is 0 Å². The van der Waals surface area contributed by atoms with E-state index in [1.54, 1.807) is 0 Å². The molecule has 0 radical (unpaired) electrons. The van der Waals surface area contributed by atoms with Crippen LogP contribution in [0.5, 0.6) is 0 Å². The second-order valence-corrected chi connectivity index (χ2v) is 6.08. The molecule has 1 fully saturated rings. The Hall–Kier alpha value is -0.900. The first-order chi connectivity index (χ1) is 9.08. The Labute approximate surface area is 116 Å². The largest absolute Gasteiger partial charge is 0.374 e. The van der Waals surface area contributed by atoms with Gasteiger partial charge in [0.25, 0.3) is 0 Å². The van der Waals surface area contributed by atoms with E-state index in [1.165, 1.54) is 11.1 Å². The number of ether oxygens (including phenoxy) is 1. The molecule has 1 aromatic rings. The van der Waals surface area contributed by atoms with Crippen LogP contribution in [-0.4, -0.2) is 38.9 Å². The summed E-state index contributed by atoms with van der Waals surface area (Å²) in [5.41, 5.74) is 2.85. The number of hydrogen-bond donors (Lipinski definition) is 2. The van der Waals surface area contributed by atoms with Gasteiger partial charge in [-0.2, -0.15) is 0 Å². The molecule has 106 valence electrons. The van der Waals surface area contributed by atoms with Crippen molar-refractivity contribution in [2.24, 2.45) is 0 Å². The normalized spacial score (nSPS) is 20.5. The summed E-state index contributed by atoms with van der Waals surface area (Å²) in [4.78, 5) is 0. The first-order valence-electron chi connectivity index (χ1n) is 7.18. The SMILES string of the molecule is Cc1ccc(C(C)(C)CNCC2CNCCO2)cc1. The van der Waals surface area contributed by atoms with E-state index in [0.29, 0.717) is 6.10 Å². The maximum absolute atomic E-state index is 5.69. The van der Waals surface area contributed by atoms with Crippen LogP contribution >= 0.6 is 0 Å². The Bertz CT molecular complexity index is 380. The number of aryl methyl sites for hydroxylation is 1. The van der Waals surface area contributed by atoms with Crippen molar-refractivity contribution in [3.63, 3.8) is 0 Å². The highest BCUT2D eigenvalue weighted by Crippen LogP contribution is 2.22. The molecule has 2 N–H and O–H groups in total. The zero-order chi connectivity index (χ0) is 13.7. The summed E-state index contributed by atoms with van der Waals surface area (Å²) < 4.78 is 5.69. The molecular weight excluding hydrogens is 236 g/mol. The van der Waals surface area contributed by atoms with Crippen LogP contribution in [0, 0.1) is 6.92 Å². The molecule has 0 bridgehead atoms. The van der Waals surface area contributed by atoms with Crippen LogP contribution in [0.25, 0.3) is 0 Å². The van der Waals surface area contributed by atoms with Gasteiger partial charge in [0.15, 0.2) is 0 Å². The zero-order valence-corrected chi connectivity index (χ0v) is 12.3. The summed E-state index contributed by atoms with van der Waals surface area (Å²) in [5.74, 6) is 0. The van der Waals surface area contributed by atoms with Gasteiger partial charge in [-0.1, -0.05) is 43.7 Å². The van der Waals surface area contributed by atoms with Crippen LogP contribution in [0.3, 0.4) is 0 Å². The molecule has 1 heterocycles. The molecule has 3 heteroatoms. The van der Waals surface area contributed by atoms with Crippen LogP contribution in [0.2, 0.25) is 0 Å². The van der Waals surface area contributed by atoms with Crippen molar-refractivity contribution in [2.75, 3.05) is 32.8 Å². The second-order valence-electron chi connectivity index (χ2n) is 6.08. The number of rotatable bonds is 5. The lowest BCUT2D eigenvalue weighted by Gasteiger charge is -2.29. The van der Waals surface area contributed by atoms with Crippen LogP contribution in [-0.2, 0) is 10.2 Å². The average molecular weight is 262 g/mol. The first-order valence-corrected chi connectivity index (χ1v) is 7.18. The Morgan fingerprint density at radius 3 is 2.68 bits per heavy atom. The fourth-order valence-corrected chi connectivity index (χ4v) is 2.40. The second kappa shape index (κ2) is 6.51. The Kier molecular flexibility index (Phi) is 4.97. The van der Waals surface area contributed by atoms with E-state index in [-0.39, 0.29) is 5.41 Å². The van der Waals surface area contributed by atoms with Crippen LogP contribution in [0.1, 0.15) is 25.0 Å². The van der Waals surface area contributed by atoms with E-state index in [2.05, 4.69) is 55.7 Å². The molecule has 2 rings (SSSR count). The highest BCUT2D eigenvalue weighted by atomic mass is 16.5. The molecule has 0 aromatic heterocycles. The van der Waals surface area contributed by atoms with E-state index >= 15 is 0 Å². The summed E-state index contributed by atoms with van der Waals surface area (Å²) in [6, 6.07) is 8.84. The van der Waals surface area contributed by atoms with Gasteiger partial charge < -0.3 is 15.4 Å². The molecule has 1 aliphatic heterocycles. The molecule has 0 aliphatic carbocycles. The summed E-state index contributed by atoms with van der Waals surface area (Å²) in [6.45, 7) is 11.3. The molecule has 1 aromatic carbocycles. The average Bonchev–Trinajstić information content (AvgIpc) is 2.40. The van der Waals surface area contributed by atoms with Gasteiger partial charge in [0, 0.05) is 31.6 Å². The molecule has 1 unspecified atom stereocenters. The number of nitrogens with one attached hydrogen (secondary N) is 2. The topological polar surface area (TPSA) is 33.3 Å². The quantitative estimate of drug-likeness (QED) is 0.849. The Morgan fingerprint density at radius 1 is 1.32 bits per heavy atom. The molecule has 1 atom stereocenters. The summed E-state index contributed by atoms with van der Waals surface area (Å²) in [5, 5.41) is 6.90. The molecule has 3 nitrogen and oxygen atoms in total. The third kappa shape index (κ3) is 4.30. The predicted octanol–water partition coefficient (Wildman–Crippen LogP) is 1.85. The van der Waals surface area contributed by atoms with Gasteiger partial charge in [0.2, 0.25) is 0 Å². The van der Waals surface area contributed by atoms with Crippen LogP contribution in [0.4, 0.5) is 0 Å². The van der Waals surface area contributed by atoms with Gasteiger partial charge in [-0.3, -0.25) is 0 Å². The van der Waals surface area contributed by atoms with E-state index in [1.807, 2.05) is 0 Å². The molecule has 1 saturated heterocycles. The third-order valence-electron chi connectivity index (χ3n) is 3.78. The van der Waals surface area contributed by atoms with E-state index in [9.17, 15) is 0 Å². The highest BCUT2D eigenvalue weighted by Gasteiger charge is 2.21. The van der Waals surface area contributed by atoms with Gasteiger partial charge in [0.05, 0.1) is 12.7 Å². The lowest BCUT2D eigenvalue weighted by molar-refractivity contribution is 0.0287. The first kappa shape index (κ1) is 14.5. The minimum absolute atomic E-state index is 0.149. The monoisotopic (exact) mass is 262 g/mol. The number of hydrogen-bond acceptors (Lipinski definition) is 3. The van der Waals surface area contributed by atoms with Crippen molar-refractivity contribution >= 4 is 0 Å². The molecule has 1 aliphatic rings. The van der Waals surface area contributed by atoms with Crippen LogP contribution in [0.15, 0.2) is 24.3 Å². The van der Waals surface area contributed by atoms with Gasteiger partial charge in [-0.25, -0.2) is 0 Å². The lowest BCUT2D eigenvalue weighted by atomic mass is 9.84. The molecule has 19 heavy (non-hydrogen) atoms. The maximum atomic E-state index is 5.69. The smallest absolute Gasteiger partial charge is 0.0824 e. The number of benzene rings is 1. The minimum atomic E-state index is 0.149. The van der Waals surface area contributed by atoms with E-state index in [0.717, 1.165) is 32.8 Å². The zero-order valence-electron chi connectivity index (χ0n) is 12.3. The van der Waals surface area contributed by atoms with Gasteiger partial charge >= 0.3 is 0 Å². The van der Waals surface area contributed by atoms with Crippen molar-refractivity contribution in [1.82, 2.24) is 10.6 Å². The van der Waals surface area contributed by atoms with Gasteiger partial charge in [0.1, 0.15) is 0 Å². The predicted molar refractivity (Wildman–Crippen MR) is 79.7 cm³/mol. The summed E-state index contributed by atoms with van der Waals surface area (Å²) >= 11 is 0. The fraction of sp³-hybridized carbons (Fsp3) is 0.625. The third-order valence-corrected chi connectivity index (χ3v) is 3.78. The van der Waals surface area contributed by atoms with Gasteiger partial charge in [-0.05, 0) is 12.5 Å². The fourth-order valence-electron chi connectivity index (χ4n) is 2.40. The highest BCUT2D eigenvalue weighted by molar-refractivity contribution is 5.27. The van der Waals surface area contributed by atoms with Crippen LogP contribution < -0.4 is 10.6 Å². The molecule has 0 amide bonds. The molecule has 0 saturated carbocycles. The van der Waals surface area contributed by atoms with Crippen molar-refractivity contribution in [2.45, 2.75) is 32.3 Å². The van der Waals surface area contributed by atoms with E-state index < -0.39 is 0 Å². The summed E-state index contributed by atoms with van der Waals surface area (Å²) in [7, 11) is 0. The maximum Gasteiger partial charge on any atom is 0.0824 e. The standard InChI is InChI=1S/C16H26N2O/c1-13-4-6-14(7-5-13)16(2,3)12-18-11-15-10-17-8-9-19-15/h4-7,15,17-18H,8-12H2,1-3H3. The molecular formula is C16H26N2O. The number of morpholine rings is 1. The van der Waals surface area contributed by atoms with Gasteiger partial charge in [-0.15, -0.1) is 0 Å². The Balaban J connectivity index is 1.81. The summed E-state index contributed by atoms with van der Waals surface area (Å²) in [6.07, 6.45) is 0.308. The van der Waals surface area contributed by atoms with E-state index in [4.69, 9.17) is 4.74 Å². The van der Waals surface area contributed by atoms with Crippen molar-refractivity contribution in [3.05, 3.63) is 35.4 Å². The van der Waals surface area contributed by atoms with Crippen molar-refractivity contribution < 1.29 is 4.74 Å². The Morgan fingerprint density at radius 2 is 2.05 bits per heavy atom. The molecule has 0 spiro atoms. The minimum Gasteiger partial charge on any atom is -0.374 e. The van der Waals surface area contributed by atoms with Crippen molar-refractivity contribution in [3.8, 4) is 0 Å². The lowest BCUT2D eigenvalue weighted by Crippen LogP contribution is -2.46.